The van der Waals surface area contributed by atoms with E-state index in [4.69, 9.17) is 21.1 Å². The van der Waals surface area contributed by atoms with Crippen LogP contribution < -0.4 is 15.6 Å². The Morgan fingerprint density at radius 3 is 2.74 bits per heavy atom. The number of halogens is 1. The summed E-state index contributed by atoms with van der Waals surface area (Å²) in [5.41, 5.74) is 0.466. The first kappa shape index (κ1) is 18.9. The molecule has 0 bridgehead atoms. The van der Waals surface area contributed by atoms with E-state index in [0.717, 1.165) is 0 Å². The molecule has 3 rings (SSSR count). The van der Waals surface area contributed by atoms with Crippen LogP contribution in [0.1, 0.15) is 0 Å². The lowest BCUT2D eigenvalue weighted by Gasteiger charge is -2.11. The lowest BCUT2D eigenvalue weighted by molar-refractivity contribution is -0.118. The number of nitrogens with zero attached hydrogens (tertiary/aromatic N) is 1. The topological polar surface area (TPSA) is 69.6 Å². The van der Waals surface area contributed by atoms with Crippen LogP contribution in [0, 0.1) is 0 Å². The second-order valence-corrected chi connectivity index (χ2v) is 6.31. The second kappa shape index (κ2) is 8.70. The van der Waals surface area contributed by atoms with E-state index in [1.807, 2.05) is 0 Å². The van der Waals surface area contributed by atoms with Gasteiger partial charge in [0.15, 0.2) is 6.61 Å². The molecule has 0 spiro atoms. The van der Waals surface area contributed by atoms with Gasteiger partial charge in [-0.15, -0.1) is 0 Å². The Hall–Kier alpha value is -2.83. The minimum absolute atomic E-state index is 0.127. The molecule has 0 fully saturated rings. The number of carbonyl (C=O) groups is 1. The molecule has 140 valence electrons. The van der Waals surface area contributed by atoms with Crippen molar-refractivity contribution in [2.75, 3.05) is 25.6 Å². The van der Waals surface area contributed by atoms with E-state index in [0.29, 0.717) is 40.4 Å². The lowest BCUT2D eigenvalue weighted by atomic mass is 10.1. The van der Waals surface area contributed by atoms with Crippen molar-refractivity contribution in [3.05, 3.63) is 70.1 Å². The Balaban J connectivity index is 1.74. The van der Waals surface area contributed by atoms with Crippen LogP contribution in [0.4, 0.5) is 5.69 Å². The highest BCUT2D eigenvalue weighted by molar-refractivity contribution is 6.30. The molecule has 0 saturated carbocycles. The van der Waals surface area contributed by atoms with E-state index < -0.39 is 0 Å². The van der Waals surface area contributed by atoms with Crippen LogP contribution in [-0.4, -0.2) is 30.8 Å². The van der Waals surface area contributed by atoms with E-state index in [-0.39, 0.29) is 18.1 Å². The molecule has 6 nitrogen and oxygen atoms in total. The molecule has 1 heterocycles. The van der Waals surface area contributed by atoms with Crippen LogP contribution in [0.2, 0.25) is 5.02 Å². The fourth-order valence-electron chi connectivity index (χ4n) is 2.69. The normalized spacial score (nSPS) is 10.7. The van der Waals surface area contributed by atoms with E-state index in [1.54, 1.807) is 66.4 Å². The van der Waals surface area contributed by atoms with Crippen LogP contribution in [0.15, 0.2) is 59.5 Å². The smallest absolute Gasteiger partial charge is 0.262 e. The summed E-state index contributed by atoms with van der Waals surface area (Å²) in [6.07, 6.45) is 1.70. The third kappa shape index (κ3) is 4.67. The number of rotatable bonds is 7. The average molecular weight is 387 g/mol. The first-order chi connectivity index (χ1) is 13.1. The molecule has 0 aliphatic rings. The first-order valence-corrected chi connectivity index (χ1v) is 8.75. The zero-order chi connectivity index (χ0) is 19.2. The third-order valence-electron chi connectivity index (χ3n) is 3.98. The quantitative estimate of drug-likeness (QED) is 0.676. The summed E-state index contributed by atoms with van der Waals surface area (Å²) in [5, 5.41) is 4.44. The standard InChI is InChI=1S/C20H19ClN2O4/c1-26-11-10-23-9-8-16-17(20(23)25)6-3-7-18(16)27-13-19(24)22-15-5-2-4-14(21)12-15/h2-9,12H,10-11,13H2,1H3,(H,22,24). The van der Waals surface area contributed by atoms with E-state index in [1.165, 1.54) is 0 Å². The predicted molar refractivity (Wildman–Crippen MR) is 106 cm³/mol. The molecule has 1 N–H and O–H groups in total. The summed E-state index contributed by atoms with van der Waals surface area (Å²) in [5.74, 6) is 0.160. The van der Waals surface area contributed by atoms with Gasteiger partial charge in [0.25, 0.3) is 11.5 Å². The van der Waals surface area contributed by atoms with Gasteiger partial charge in [-0.3, -0.25) is 9.59 Å². The van der Waals surface area contributed by atoms with E-state index >= 15 is 0 Å². The number of hydrogen-bond donors (Lipinski definition) is 1. The molecule has 0 aliphatic carbocycles. The van der Waals surface area contributed by atoms with Gasteiger partial charge in [0, 0.05) is 35.9 Å². The number of methoxy groups -OCH3 is 1. The van der Waals surface area contributed by atoms with Crippen LogP contribution in [0.5, 0.6) is 5.75 Å². The van der Waals surface area contributed by atoms with Gasteiger partial charge in [-0.05, 0) is 36.4 Å². The number of benzene rings is 2. The number of ether oxygens (including phenoxy) is 2. The number of fused-ring (bicyclic) bond motifs is 1. The molecular formula is C20H19ClN2O4. The lowest BCUT2D eigenvalue weighted by Crippen LogP contribution is -2.22. The Kier molecular flexibility index (Phi) is 6.11. The van der Waals surface area contributed by atoms with Crippen LogP contribution >= 0.6 is 11.6 Å². The highest BCUT2D eigenvalue weighted by Gasteiger charge is 2.10. The van der Waals surface area contributed by atoms with E-state index in [9.17, 15) is 9.59 Å². The second-order valence-electron chi connectivity index (χ2n) is 5.87. The molecule has 0 unspecified atom stereocenters. The SMILES string of the molecule is COCCn1ccc2c(OCC(=O)Nc3cccc(Cl)c3)cccc2c1=O. The molecule has 0 aliphatic heterocycles. The summed E-state index contributed by atoms with van der Waals surface area (Å²) < 4.78 is 12.2. The number of nitrogens with one attached hydrogen (secondary N) is 1. The average Bonchev–Trinajstić information content (AvgIpc) is 2.66. The van der Waals surface area contributed by atoms with Crippen molar-refractivity contribution >= 4 is 34.0 Å². The van der Waals surface area contributed by atoms with Crippen LogP contribution in [0.25, 0.3) is 10.8 Å². The Morgan fingerprint density at radius 2 is 1.96 bits per heavy atom. The van der Waals surface area contributed by atoms with Crippen LogP contribution in [0.3, 0.4) is 0 Å². The molecule has 0 radical (unpaired) electrons. The number of hydrogen-bond acceptors (Lipinski definition) is 4. The fraction of sp³-hybridized carbons (Fsp3) is 0.200. The number of carbonyl (C=O) groups excluding carboxylic acids is 1. The van der Waals surface area contributed by atoms with E-state index in [2.05, 4.69) is 5.32 Å². The van der Waals surface area contributed by atoms with Gasteiger partial charge in [-0.1, -0.05) is 23.7 Å². The van der Waals surface area contributed by atoms with Crippen molar-refractivity contribution in [2.24, 2.45) is 0 Å². The van der Waals surface area contributed by atoms with Crippen molar-refractivity contribution < 1.29 is 14.3 Å². The number of pyridine rings is 1. The van der Waals surface area contributed by atoms with Gasteiger partial charge in [0.1, 0.15) is 5.75 Å². The molecule has 3 aromatic rings. The molecule has 1 aromatic heterocycles. The Labute approximate surface area is 161 Å². The molecular weight excluding hydrogens is 368 g/mol. The molecule has 0 saturated heterocycles. The summed E-state index contributed by atoms with van der Waals surface area (Å²) in [4.78, 5) is 24.7. The van der Waals surface area contributed by atoms with Gasteiger partial charge in [-0.25, -0.2) is 0 Å². The summed E-state index contributed by atoms with van der Waals surface area (Å²) in [7, 11) is 1.59. The number of aromatic nitrogens is 1. The fourth-order valence-corrected chi connectivity index (χ4v) is 2.88. The number of amides is 1. The van der Waals surface area contributed by atoms with Crippen molar-refractivity contribution in [3.8, 4) is 5.75 Å². The zero-order valence-electron chi connectivity index (χ0n) is 14.8. The maximum absolute atomic E-state index is 12.6. The van der Waals surface area contributed by atoms with Gasteiger partial charge in [0.2, 0.25) is 0 Å². The van der Waals surface area contributed by atoms with Gasteiger partial charge in [0.05, 0.1) is 12.0 Å². The minimum Gasteiger partial charge on any atom is -0.483 e. The van der Waals surface area contributed by atoms with Crippen LogP contribution in [-0.2, 0) is 16.1 Å². The highest BCUT2D eigenvalue weighted by atomic mass is 35.5. The van der Waals surface area contributed by atoms with Crippen molar-refractivity contribution in [1.82, 2.24) is 4.57 Å². The molecule has 27 heavy (non-hydrogen) atoms. The minimum atomic E-state index is -0.317. The molecule has 7 heteroatoms. The third-order valence-corrected chi connectivity index (χ3v) is 4.22. The predicted octanol–water partition coefficient (Wildman–Crippen LogP) is 3.32. The Bertz CT molecular complexity index is 1020. The first-order valence-electron chi connectivity index (χ1n) is 8.38. The van der Waals surface area contributed by atoms with Crippen molar-refractivity contribution in [2.45, 2.75) is 6.54 Å². The summed E-state index contributed by atoms with van der Waals surface area (Å²) in [6.45, 7) is 0.738. The largest absolute Gasteiger partial charge is 0.483 e. The van der Waals surface area contributed by atoms with Gasteiger partial charge < -0.3 is 19.4 Å². The number of anilines is 1. The van der Waals surface area contributed by atoms with Gasteiger partial charge >= 0.3 is 0 Å². The summed E-state index contributed by atoms with van der Waals surface area (Å²) in [6, 6.07) is 13.9. The summed E-state index contributed by atoms with van der Waals surface area (Å²) >= 11 is 5.90. The van der Waals surface area contributed by atoms with Crippen molar-refractivity contribution in [3.63, 3.8) is 0 Å². The Morgan fingerprint density at radius 1 is 1.15 bits per heavy atom. The van der Waals surface area contributed by atoms with Crippen molar-refractivity contribution in [1.29, 1.82) is 0 Å². The maximum atomic E-state index is 12.6. The molecule has 0 atom stereocenters. The molecule has 2 aromatic carbocycles. The monoisotopic (exact) mass is 386 g/mol. The maximum Gasteiger partial charge on any atom is 0.262 e. The highest BCUT2D eigenvalue weighted by Crippen LogP contribution is 2.23. The molecule has 1 amide bonds. The zero-order valence-corrected chi connectivity index (χ0v) is 15.5. The van der Waals surface area contributed by atoms with Gasteiger partial charge in [-0.2, -0.15) is 0 Å².